The maximum Gasteiger partial charge on any atom is 0.335 e. The molecule has 0 fully saturated rings. The third-order valence-corrected chi connectivity index (χ3v) is 3.64. The number of carboxylic acid groups (broad SMARTS) is 1. The number of carboxylic acids is 1. The van der Waals surface area contributed by atoms with Crippen molar-refractivity contribution in [1.82, 2.24) is 14.5 Å². The van der Waals surface area contributed by atoms with Crippen LogP contribution in [0.2, 0.25) is 0 Å². The molecule has 2 aromatic heterocycles. The predicted molar refractivity (Wildman–Crippen MR) is 85.7 cm³/mol. The third kappa shape index (κ3) is 3.07. The van der Waals surface area contributed by atoms with Crippen molar-refractivity contribution in [2.75, 3.05) is 0 Å². The first-order valence-electron chi connectivity index (χ1n) is 6.58. The number of aromatic nitrogens is 3. The summed E-state index contributed by atoms with van der Waals surface area (Å²) < 4.78 is 2.84. The van der Waals surface area contributed by atoms with Gasteiger partial charge in [0.05, 0.1) is 5.56 Å². The summed E-state index contributed by atoms with van der Waals surface area (Å²) in [7, 11) is 0. The van der Waals surface area contributed by atoms with E-state index >= 15 is 0 Å². The number of hydrogen-bond acceptors (Lipinski definition) is 3. The van der Waals surface area contributed by atoms with Crippen LogP contribution in [0.5, 0.6) is 0 Å². The van der Waals surface area contributed by atoms with E-state index in [1.165, 1.54) is 0 Å². The van der Waals surface area contributed by atoms with Crippen LogP contribution in [0.25, 0.3) is 11.4 Å². The molecule has 1 N–H and O–H groups in total. The summed E-state index contributed by atoms with van der Waals surface area (Å²) >= 11 is 3.40. The highest BCUT2D eigenvalue weighted by Crippen LogP contribution is 2.21. The van der Waals surface area contributed by atoms with Crippen LogP contribution < -0.4 is 0 Å². The molecule has 0 aliphatic rings. The number of carbonyl (C=O) groups is 1. The highest BCUT2D eigenvalue weighted by atomic mass is 79.9. The Bertz CT molecular complexity index is 830. The summed E-state index contributed by atoms with van der Waals surface area (Å²) in [5.41, 5.74) is 2.08. The summed E-state index contributed by atoms with van der Waals surface area (Å²) in [5, 5.41) is 9.07. The van der Waals surface area contributed by atoms with Crippen LogP contribution in [0.3, 0.4) is 0 Å². The van der Waals surface area contributed by atoms with Crippen molar-refractivity contribution in [1.29, 1.82) is 0 Å². The first-order chi connectivity index (χ1) is 10.6. The number of hydrogen-bond donors (Lipinski definition) is 1. The minimum atomic E-state index is -0.927. The van der Waals surface area contributed by atoms with E-state index in [2.05, 4.69) is 25.9 Å². The SMILES string of the molecule is O=C(O)c1cccc(Cn2ccnc2-c2cncc(Br)c2)c1. The average Bonchev–Trinajstić information content (AvgIpc) is 2.95. The van der Waals surface area contributed by atoms with Crippen molar-refractivity contribution < 1.29 is 9.90 Å². The molecule has 0 aliphatic heterocycles. The fraction of sp³-hybridized carbons (Fsp3) is 0.0625. The number of halogens is 1. The molecule has 0 spiro atoms. The maximum atomic E-state index is 11.0. The lowest BCUT2D eigenvalue weighted by atomic mass is 10.1. The molecule has 0 aliphatic carbocycles. The lowest BCUT2D eigenvalue weighted by Crippen LogP contribution is -2.03. The third-order valence-electron chi connectivity index (χ3n) is 3.21. The zero-order chi connectivity index (χ0) is 15.5. The molecule has 0 unspecified atom stereocenters. The van der Waals surface area contributed by atoms with Crippen molar-refractivity contribution in [2.24, 2.45) is 0 Å². The van der Waals surface area contributed by atoms with Crippen LogP contribution in [0.1, 0.15) is 15.9 Å². The highest BCUT2D eigenvalue weighted by molar-refractivity contribution is 9.10. The molecule has 0 bridgehead atoms. The Morgan fingerprint density at radius 1 is 1.27 bits per heavy atom. The normalized spacial score (nSPS) is 10.6. The first kappa shape index (κ1) is 14.5. The Kier molecular flexibility index (Phi) is 4.02. The average molecular weight is 358 g/mol. The van der Waals surface area contributed by atoms with E-state index in [1.54, 1.807) is 36.8 Å². The zero-order valence-corrected chi connectivity index (χ0v) is 13.1. The predicted octanol–water partition coefficient (Wildman–Crippen LogP) is 3.45. The van der Waals surface area contributed by atoms with Crippen molar-refractivity contribution in [3.8, 4) is 11.4 Å². The summed E-state index contributed by atoms with van der Waals surface area (Å²) in [4.78, 5) is 19.6. The first-order valence-corrected chi connectivity index (χ1v) is 7.37. The number of aromatic carboxylic acids is 1. The molecule has 5 nitrogen and oxygen atoms in total. The number of pyridine rings is 1. The smallest absolute Gasteiger partial charge is 0.335 e. The quantitative estimate of drug-likeness (QED) is 0.776. The molecule has 0 radical (unpaired) electrons. The Morgan fingerprint density at radius 3 is 2.91 bits per heavy atom. The van der Waals surface area contributed by atoms with Crippen molar-refractivity contribution in [3.63, 3.8) is 0 Å². The van der Waals surface area contributed by atoms with E-state index in [9.17, 15) is 4.79 Å². The largest absolute Gasteiger partial charge is 0.478 e. The fourth-order valence-electron chi connectivity index (χ4n) is 2.23. The minimum absolute atomic E-state index is 0.281. The van der Waals surface area contributed by atoms with Gasteiger partial charge < -0.3 is 9.67 Å². The molecule has 6 heteroatoms. The number of nitrogens with zero attached hydrogens (tertiary/aromatic N) is 3. The Morgan fingerprint density at radius 2 is 2.14 bits per heavy atom. The number of imidazole rings is 1. The van der Waals surface area contributed by atoms with Gasteiger partial charge in [-0.25, -0.2) is 9.78 Å². The van der Waals surface area contributed by atoms with Crippen LogP contribution in [0.4, 0.5) is 0 Å². The number of rotatable bonds is 4. The molecule has 22 heavy (non-hydrogen) atoms. The molecule has 110 valence electrons. The van der Waals surface area contributed by atoms with Gasteiger partial charge in [0.1, 0.15) is 5.82 Å². The van der Waals surface area contributed by atoms with Crippen LogP contribution in [-0.4, -0.2) is 25.6 Å². The van der Waals surface area contributed by atoms with Gasteiger partial charge in [0, 0.05) is 41.4 Å². The Labute approximate surface area is 135 Å². The summed E-state index contributed by atoms with van der Waals surface area (Å²) in [6.45, 7) is 0.545. The van der Waals surface area contributed by atoms with Gasteiger partial charge in [-0.3, -0.25) is 4.98 Å². The molecule has 3 rings (SSSR count). The maximum absolute atomic E-state index is 11.0. The van der Waals surface area contributed by atoms with E-state index in [0.29, 0.717) is 6.54 Å². The molecule has 1 aromatic carbocycles. The van der Waals surface area contributed by atoms with Gasteiger partial charge in [0.25, 0.3) is 0 Å². The van der Waals surface area contributed by atoms with E-state index in [1.807, 2.05) is 22.9 Å². The van der Waals surface area contributed by atoms with Crippen molar-refractivity contribution >= 4 is 21.9 Å². The summed E-state index contributed by atoms with van der Waals surface area (Å²) in [5.74, 6) is -0.140. The molecule has 0 saturated carbocycles. The van der Waals surface area contributed by atoms with E-state index < -0.39 is 5.97 Å². The molecular formula is C16H12BrN3O2. The van der Waals surface area contributed by atoms with Gasteiger partial charge in [0.2, 0.25) is 0 Å². The molecule has 2 heterocycles. The Balaban J connectivity index is 1.93. The summed E-state index contributed by atoms with van der Waals surface area (Å²) in [6, 6.07) is 8.84. The minimum Gasteiger partial charge on any atom is -0.478 e. The molecule has 0 atom stereocenters. The van der Waals surface area contributed by atoms with Gasteiger partial charge in [-0.1, -0.05) is 12.1 Å². The van der Waals surface area contributed by atoms with E-state index in [-0.39, 0.29) is 5.56 Å². The lowest BCUT2D eigenvalue weighted by Gasteiger charge is -2.09. The molecule has 3 aromatic rings. The van der Waals surface area contributed by atoms with Crippen LogP contribution in [-0.2, 0) is 6.54 Å². The standard InChI is InChI=1S/C16H12BrN3O2/c17-14-7-13(8-18-9-14)15-19-4-5-20(15)10-11-2-1-3-12(6-11)16(21)22/h1-9H,10H2,(H,21,22). The number of benzene rings is 1. The van der Waals surface area contributed by atoms with Gasteiger partial charge >= 0.3 is 5.97 Å². The van der Waals surface area contributed by atoms with Gasteiger partial charge in [-0.2, -0.15) is 0 Å². The van der Waals surface area contributed by atoms with E-state index in [4.69, 9.17) is 5.11 Å². The van der Waals surface area contributed by atoms with Crippen molar-refractivity contribution in [2.45, 2.75) is 6.54 Å². The fourth-order valence-corrected chi connectivity index (χ4v) is 2.60. The second kappa shape index (κ2) is 6.11. The second-order valence-corrected chi connectivity index (χ2v) is 5.69. The van der Waals surface area contributed by atoms with Gasteiger partial charge in [-0.15, -0.1) is 0 Å². The zero-order valence-electron chi connectivity index (χ0n) is 11.5. The van der Waals surface area contributed by atoms with Crippen molar-refractivity contribution in [3.05, 3.63) is 70.7 Å². The second-order valence-electron chi connectivity index (χ2n) is 4.78. The lowest BCUT2D eigenvalue weighted by molar-refractivity contribution is 0.0696. The summed E-state index contributed by atoms with van der Waals surface area (Å²) in [6.07, 6.45) is 7.05. The molecule has 0 amide bonds. The Hall–Kier alpha value is -2.47. The van der Waals surface area contributed by atoms with Crippen LogP contribution >= 0.6 is 15.9 Å². The van der Waals surface area contributed by atoms with Crippen LogP contribution in [0.15, 0.2) is 59.6 Å². The molecule has 0 saturated heterocycles. The van der Waals surface area contributed by atoms with Crippen LogP contribution in [0, 0.1) is 0 Å². The topological polar surface area (TPSA) is 68.0 Å². The van der Waals surface area contributed by atoms with E-state index in [0.717, 1.165) is 21.4 Å². The monoisotopic (exact) mass is 357 g/mol. The molecular weight excluding hydrogens is 346 g/mol. The highest BCUT2D eigenvalue weighted by Gasteiger charge is 2.09. The van der Waals surface area contributed by atoms with Gasteiger partial charge in [-0.05, 0) is 39.7 Å². The van der Waals surface area contributed by atoms with Gasteiger partial charge in [0.15, 0.2) is 0 Å².